The van der Waals surface area contributed by atoms with Crippen LogP contribution in [-0.4, -0.2) is 36.9 Å². The van der Waals surface area contributed by atoms with Crippen molar-refractivity contribution in [1.82, 2.24) is 24.2 Å². The second kappa shape index (κ2) is 7.11. The van der Waals surface area contributed by atoms with E-state index in [2.05, 4.69) is 51.0 Å². The fourth-order valence-electron chi connectivity index (χ4n) is 3.33. The van der Waals surface area contributed by atoms with Gasteiger partial charge in [0.25, 0.3) is 0 Å². The molecule has 0 saturated heterocycles. The van der Waals surface area contributed by atoms with E-state index >= 15 is 0 Å². The average Bonchev–Trinajstić information content (AvgIpc) is 3.22. The van der Waals surface area contributed by atoms with Crippen LogP contribution < -0.4 is 4.74 Å². The molecule has 3 aromatic heterocycles. The maximum atomic E-state index is 6.16. The molecule has 0 radical (unpaired) electrons. The SMILES string of the molecule is CCn1cc(CN2Cc3cccn3C[C@H](Oc3ccccn3)C2)cn1. The number of ether oxygens (including phenoxy) is 1. The van der Waals surface area contributed by atoms with Crippen LogP contribution in [0.3, 0.4) is 0 Å². The van der Waals surface area contributed by atoms with Gasteiger partial charge in [-0.15, -0.1) is 0 Å². The Balaban J connectivity index is 1.52. The summed E-state index contributed by atoms with van der Waals surface area (Å²) in [5.74, 6) is 0.682. The minimum Gasteiger partial charge on any atom is -0.471 e. The summed E-state index contributed by atoms with van der Waals surface area (Å²) < 4.78 is 10.4. The summed E-state index contributed by atoms with van der Waals surface area (Å²) in [5.41, 5.74) is 2.55. The van der Waals surface area contributed by atoms with Crippen molar-refractivity contribution in [3.05, 3.63) is 66.4 Å². The van der Waals surface area contributed by atoms with E-state index in [-0.39, 0.29) is 6.10 Å². The Hall–Kier alpha value is -2.60. The lowest BCUT2D eigenvalue weighted by Gasteiger charge is -2.23. The lowest BCUT2D eigenvalue weighted by Crippen LogP contribution is -2.34. The third kappa shape index (κ3) is 3.74. The van der Waals surface area contributed by atoms with Crippen molar-refractivity contribution in [3.8, 4) is 5.88 Å². The zero-order chi connectivity index (χ0) is 17.1. The molecule has 1 aliphatic heterocycles. The Morgan fingerprint density at radius 1 is 1.20 bits per heavy atom. The lowest BCUT2D eigenvalue weighted by atomic mass is 10.2. The average molecular weight is 337 g/mol. The van der Waals surface area contributed by atoms with Crippen molar-refractivity contribution >= 4 is 0 Å². The van der Waals surface area contributed by atoms with Crippen LogP contribution in [0.5, 0.6) is 5.88 Å². The zero-order valence-electron chi connectivity index (χ0n) is 14.5. The minimum atomic E-state index is 0.0600. The summed E-state index contributed by atoms with van der Waals surface area (Å²) in [6, 6.07) is 10.1. The number of aryl methyl sites for hydroxylation is 1. The number of hydrogen-bond acceptors (Lipinski definition) is 4. The highest BCUT2D eigenvalue weighted by molar-refractivity contribution is 5.13. The molecule has 0 bridgehead atoms. The van der Waals surface area contributed by atoms with E-state index in [0.29, 0.717) is 5.88 Å². The molecule has 4 heterocycles. The number of pyridine rings is 1. The third-order valence-electron chi connectivity index (χ3n) is 4.51. The molecule has 4 rings (SSSR count). The molecule has 0 N–H and O–H groups in total. The van der Waals surface area contributed by atoms with Gasteiger partial charge in [-0.25, -0.2) is 4.98 Å². The summed E-state index contributed by atoms with van der Waals surface area (Å²) in [5, 5.41) is 4.39. The fraction of sp³-hybridized carbons (Fsp3) is 0.368. The van der Waals surface area contributed by atoms with Crippen LogP contribution in [-0.2, 0) is 26.2 Å². The molecule has 0 unspecified atom stereocenters. The van der Waals surface area contributed by atoms with Gasteiger partial charge >= 0.3 is 0 Å². The summed E-state index contributed by atoms with van der Waals surface area (Å²) >= 11 is 0. The van der Waals surface area contributed by atoms with Crippen molar-refractivity contribution in [2.45, 2.75) is 39.2 Å². The Morgan fingerprint density at radius 2 is 2.16 bits per heavy atom. The first-order chi connectivity index (χ1) is 12.3. The predicted octanol–water partition coefficient (Wildman–Crippen LogP) is 2.56. The highest BCUT2D eigenvalue weighted by Crippen LogP contribution is 2.19. The highest BCUT2D eigenvalue weighted by atomic mass is 16.5. The molecule has 1 aliphatic rings. The van der Waals surface area contributed by atoms with Gasteiger partial charge in [0.15, 0.2) is 0 Å². The molecule has 0 saturated carbocycles. The molecule has 0 aliphatic carbocycles. The van der Waals surface area contributed by atoms with Crippen molar-refractivity contribution in [2.24, 2.45) is 0 Å². The van der Waals surface area contributed by atoms with Gasteiger partial charge < -0.3 is 9.30 Å². The van der Waals surface area contributed by atoms with Crippen LogP contribution in [0, 0.1) is 0 Å². The summed E-state index contributed by atoms with van der Waals surface area (Å²) in [7, 11) is 0. The number of rotatable bonds is 5. The van der Waals surface area contributed by atoms with Crippen LogP contribution in [0.25, 0.3) is 0 Å². The van der Waals surface area contributed by atoms with Gasteiger partial charge in [0.05, 0.1) is 12.7 Å². The van der Waals surface area contributed by atoms with Crippen molar-refractivity contribution < 1.29 is 4.74 Å². The molecule has 0 spiro atoms. The van der Waals surface area contributed by atoms with Crippen molar-refractivity contribution in [1.29, 1.82) is 0 Å². The predicted molar refractivity (Wildman–Crippen MR) is 95.1 cm³/mol. The molecule has 0 amide bonds. The topological polar surface area (TPSA) is 48.1 Å². The summed E-state index contributed by atoms with van der Waals surface area (Å²) in [6.45, 7) is 6.47. The Bertz CT molecular complexity index is 810. The standard InChI is InChI=1S/C19H23N5O/c1-2-24-12-16(10-21-24)11-22-13-17-6-5-9-23(17)15-18(14-22)25-19-7-3-4-8-20-19/h3-10,12,18H,2,11,13-15H2,1H3/t18-/m1/s1. The maximum Gasteiger partial charge on any atom is 0.213 e. The van der Waals surface area contributed by atoms with E-state index in [1.165, 1.54) is 11.3 Å². The Morgan fingerprint density at radius 3 is 2.96 bits per heavy atom. The third-order valence-corrected chi connectivity index (χ3v) is 4.51. The van der Waals surface area contributed by atoms with Crippen LogP contribution in [0.1, 0.15) is 18.2 Å². The van der Waals surface area contributed by atoms with Gasteiger partial charge in [-0.3, -0.25) is 9.58 Å². The molecule has 0 fully saturated rings. The van der Waals surface area contributed by atoms with Crippen molar-refractivity contribution in [2.75, 3.05) is 6.54 Å². The molecule has 6 nitrogen and oxygen atoms in total. The number of aromatic nitrogens is 4. The maximum absolute atomic E-state index is 6.16. The molecular weight excluding hydrogens is 314 g/mol. The Labute approximate surface area is 147 Å². The number of fused-ring (bicyclic) bond motifs is 1. The number of nitrogens with zero attached hydrogens (tertiary/aromatic N) is 5. The first-order valence-electron chi connectivity index (χ1n) is 8.75. The Kier molecular flexibility index (Phi) is 4.52. The van der Waals surface area contributed by atoms with Gasteiger partial charge in [0.1, 0.15) is 6.10 Å². The largest absolute Gasteiger partial charge is 0.471 e. The highest BCUT2D eigenvalue weighted by Gasteiger charge is 2.23. The summed E-state index contributed by atoms with van der Waals surface area (Å²) in [6.07, 6.45) is 8.04. The van der Waals surface area contributed by atoms with E-state index in [1.54, 1.807) is 6.20 Å². The fourth-order valence-corrected chi connectivity index (χ4v) is 3.33. The molecule has 25 heavy (non-hydrogen) atoms. The zero-order valence-corrected chi connectivity index (χ0v) is 14.5. The van der Waals surface area contributed by atoms with Gasteiger partial charge in [0.2, 0.25) is 5.88 Å². The molecular formula is C19H23N5O. The lowest BCUT2D eigenvalue weighted by molar-refractivity contribution is 0.119. The van der Waals surface area contributed by atoms with E-state index < -0.39 is 0 Å². The van der Waals surface area contributed by atoms with E-state index in [0.717, 1.165) is 32.7 Å². The normalized spacial score (nSPS) is 17.9. The molecule has 0 aromatic carbocycles. The van der Waals surface area contributed by atoms with Crippen LogP contribution in [0.4, 0.5) is 0 Å². The molecule has 3 aromatic rings. The number of hydrogen-bond donors (Lipinski definition) is 0. The first-order valence-corrected chi connectivity index (χ1v) is 8.75. The van der Waals surface area contributed by atoms with Crippen LogP contribution in [0.15, 0.2) is 55.1 Å². The molecule has 1 atom stereocenters. The van der Waals surface area contributed by atoms with Gasteiger partial charge in [-0.2, -0.15) is 5.10 Å². The second-order valence-electron chi connectivity index (χ2n) is 6.43. The van der Waals surface area contributed by atoms with E-state index in [1.807, 2.05) is 29.1 Å². The van der Waals surface area contributed by atoms with Gasteiger partial charge in [-0.05, 0) is 25.1 Å². The van der Waals surface area contributed by atoms with Gasteiger partial charge in [-0.1, -0.05) is 6.07 Å². The van der Waals surface area contributed by atoms with E-state index in [9.17, 15) is 0 Å². The quantitative estimate of drug-likeness (QED) is 0.718. The van der Waals surface area contributed by atoms with Crippen LogP contribution in [0.2, 0.25) is 0 Å². The monoisotopic (exact) mass is 337 g/mol. The first kappa shape index (κ1) is 15.9. The van der Waals surface area contributed by atoms with Crippen molar-refractivity contribution in [3.63, 3.8) is 0 Å². The molecule has 130 valence electrons. The second-order valence-corrected chi connectivity index (χ2v) is 6.43. The summed E-state index contributed by atoms with van der Waals surface area (Å²) in [4.78, 5) is 6.73. The van der Waals surface area contributed by atoms with E-state index in [4.69, 9.17) is 4.74 Å². The van der Waals surface area contributed by atoms with Crippen LogP contribution >= 0.6 is 0 Å². The van der Waals surface area contributed by atoms with Gasteiger partial charge in [0, 0.05) is 62.1 Å². The molecule has 6 heteroatoms. The smallest absolute Gasteiger partial charge is 0.213 e. The minimum absolute atomic E-state index is 0.0600.